The van der Waals surface area contributed by atoms with Gasteiger partial charge in [0.1, 0.15) is 6.04 Å². The molecule has 2 saturated heterocycles. The Hall–Kier alpha value is -2.24. The van der Waals surface area contributed by atoms with Gasteiger partial charge in [-0.15, -0.1) is 4.28 Å². The molecule has 3 heterocycles. The van der Waals surface area contributed by atoms with E-state index in [4.69, 9.17) is 9.29 Å². The van der Waals surface area contributed by atoms with Crippen LogP contribution in [0.3, 0.4) is 0 Å². The third-order valence-electron chi connectivity index (χ3n) is 4.13. The van der Waals surface area contributed by atoms with Crippen LogP contribution in [0.25, 0.3) is 0 Å². The van der Waals surface area contributed by atoms with E-state index in [0.29, 0.717) is 24.3 Å². The molecular formula is C14H17N3O7S. The second-order valence-corrected chi connectivity index (χ2v) is 6.79. The minimum absolute atomic E-state index is 0.136. The number of nitrogens with zero attached hydrogens (tertiary/aromatic N) is 3. The molecule has 0 radical (unpaired) electrons. The van der Waals surface area contributed by atoms with Gasteiger partial charge >= 0.3 is 22.4 Å². The smallest absolute Gasteiger partial charge is 0.418 e. The van der Waals surface area contributed by atoms with Crippen molar-refractivity contribution in [3.05, 3.63) is 30.1 Å². The lowest BCUT2D eigenvalue weighted by atomic mass is 10.0. The summed E-state index contributed by atoms with van der Waals surface area (Å²) in [6.07, 6.45) is 4.51. The van der Waals surface area contributed by atoms with Gasteiger partial charge < -0.3 is 9.64 Å². The molecule has 0 aliphatic carbocycles. The van der Waals surface area contributed by atoms with Gasteiger partial charge in [-0.2, -0.15) is 13.5 Å². The maximum atomic E-state index is 12.3. The number of carbonyl (C=O) groups excluding carboxylic acids is 2. The fourth-order valence-electron chi connectivity index (χ4n) is 2.99. The molecule has 10 nitrogen and oxygen atoms in total. The predicted octanol–water partition coefficient (Wildman–Crippen LogP) is 0.170. The molecule has 0 spiro atoms. The summed E-state index contributed by atoms with van der Waals surface area (Å²) < 4.78 is 40.0. The monoisotopic (exact) mass is 371 g/mol. The molecule has 3 rings (SSSR count). The third kappa shape index (κ3) is 4.06. The Morgan fingerprint density at radius 3 is 2.88 bits per heavy atom. The zero-order valence-corrected chi connectivity index (χ0v) is 14.0. The second kappa shape index (κ2) is 6.94. The number of esters is 1. The van der Waals surface area contributed by atoms with Crippen LogP contribution in [0.4, 0.5) is 4.79 Å². The molecule has 11 heteroatoms. The maximum Gasteiger partial charge on any atom is 0.418 e. The maximum absolute atomic E-state index is 12.3. The van der Waals surface area contributed by atoms with Crippen LogP contribution in [0.1, 0.15) is 18.4 Å². The zero-order chi connectivity index (χ0) is 18.0. The third-order valence-corrected chi connectivity index (χ3v) is 4.48. The summed E-state index contributed by atoms with van der Waals surface area (Å²) in [5, 5.41) is 0.595. The standard InChI is InChI=1S/C14H17N3O7S/c18-13(23-7-5-10-2-1-6-15-8-10)12-4-3-11-9-16(12)14(19)17(11)24-25(20,21)22/h1-2,6,8,11-12H,3-5,7,9H2,(H,20,21,22)/t11-,12-/m1/s1. The minimum Gasteiger partial charge on any atom is -0.464 e. The Bertz CT molecular complexity index is 755. The normalized spacial score (nSPS) is 23.0. The number of urea groups is 1. The van der Waals surface area contributed by atoms with Crippen molar-refractivity contribution in [2.24, 2.45) is 0 Å². The number of fused-ring (bicyclic) bond motifs is 2. The van der Waals surface area contributed by atoms with Crippen molar-refractivity contribution in [2.75, 3.05) is 13.2 Å². The Kier molecular flexibility index (Phi) is 4.88. The molecule has 2 atom stereocenters. The van der Waals surface area contributed by atoms with Gasteiger partial charge in [0.05, 0.1) is 12.6 Å². The summed E-state index contributed by atoms with van der Waals surface area (Å²) in [6.45, 7) is 0.286. The van der Waals surface area contributed by atoms with Gasteiger partial charge in [0.25, 0.3) is 0 Å². The summed E-state index contributed by atoms with van der Waals surface area (Å²) in [5.41, 5.74) is 0.920. The summed E-state index contributed by atoms with van der Waals surface area (Å²) in [4.78, 5) is 29.6. The minimum atomic E-state index is -4.81. The van der Waals surface area contributed by atoms with E-state index in [-0.39, 0.29) is 13.2 Å². The number of rotatable bonds is 6. The van der Waals surface area contributed by atoms with E-state index >= 15 is 0 Å². The molecular weight excluding hydrogens is 354 g/mol. The van der Waals surface area contributed by atoms with Crippen molar-refractivity contribution in [3.8, 4) is 0 Å². The Morgan fingerprint density at radius 1 is 1.40 bits per heavy atom. The first-order chi connectivity index (χ1) is 11.8. The zero-order valence-electron chi connectivity index (χ0n) is 13.1. The van der Waals surface area contributed by atoms with Crippen LogP contribution >= 0.6 is 0 Å². The lowest BCUT2D eigenvalue weighted by molar-refractivity contribution is -0.149. The van der Waals surface area contributed by atoms with E-state index < -0.39 is 34.5 Å². The number of piperidine rings is 1. The van der Waals surface area contributed by atoms with Gasteiger partial charge in [-0.1, -0.05) is 6.07 Å². The first kappa shape index (κ1) is 17.6. The summed E-state index contributed by atoms with van der Waals surface area (Å²) in [5.74, 6) is -0.551. The average molecular weight is 371 g/mol. The van der Waals surface area contributed by atoms with Crippen molar-refractivity contribution in [1.82, 2.24) is 14.9 Å². The van der Waals surface area contributed by atoms with Crippen LogP contribution in [0.2, 0.25) is 0 Å². The van der Waals surface area contributed by atoms with Crippen molar-refractivity contribution in [2.45, 2.75) is 31.3 Å². The molecule has 1 aromatic rings. The lowest BCUT2D eigenvalue weighted by Gasteiger charge is -2.28. The molecule has 2 fully saturated rings. The number of ether oxygens (including phenoxy) is 1. The fraction of sp³-hybridized carbons (Fsp3) is 0.500. The molecule has 2 aliphatic rings. The molecule has 2 aliphatic heterocycles. The summed E-state index contributed by atoms with van der Waals surface area (Å²) >= 11 is 0. The van der Waals surface area contributed by atoms with Gasteiger partial charge in [0.2, 0.25) is 0 Å². The van der Waals surface area contributed by atoms with Crippen molar-refractivity contribution in [1.29, 1.82) is 0 Å². The molecule has 1 N–H and O–H groups in total. The first-order valence-corrected chi connectivity index (χ1v) is 9.04. The second-order valence-electron chi connectivity index (χ2n) is 5.79. The van der Waals surface area contributed by atoms with Crippen LogP contribution in [0.5, 0.6) is 0 Å². The van der Waals surface area contributed by atoms with Crippen LogP contribution in [0.15, 0.2) is 24.5 Å². The van der Waals surface area contributed by atoms with Gasteiger partial charge in [0.15, 0.2) is 0 Å². The van der Waals surface area contributed by atoms with Crippen LogP contribution in [0, 0.1) is 0 Å². The molecule has 0 aromatic carbocycles. The first-order valence-electron chi connectivity index (χ1n) is 7.67. The highest BCUT2D eigenvalue weighted by molar-refractivity contribution is 7.80. The van der Waals surface area contributed by atoms with Gasteiger partial charge in [-0.3, -0.25) is 9.54 Å². The molecule has 25 heavy (non-hydrogen) atoms. The lowest BCUT2D eigenvalue weighted by Crippen LogP contribution is -2.46. The van der Waals surface area contributed by atoms with E-state index in [2.05, 4.69) is 9.27 Å². The summed E-state index contributed by atoms with van der Waals surface area (Å²) in [6, 6.07) is 1.53. The number of hydrogen-bond donors (Lipinski definition) is 1. The van der Waals surface area contributed by atoms with Crippen molar-refractivity contribution >= 4 is 22.4 Å². The predicted molar refractivity (Wildman–Crippen MR) is 82.3 cm³/mol. The molecule has 136 valence electrons. The Labute approximate surface area is 144 Å². The fourth-order valence-corrected chi connectivity index (χ4v) is 3.38. The van der Waals surface area contributed by atoms with Crippen LogP contribution in [-0.4, -0.2) is 65.2 Å². The number of hydrogen-bond acceptors (Lipinski definition) is 7. The molecule has 0 saturated carbocycles. The highest BCUT2D eigenvalue weighted by Gasteiger charge is 2.49. The number of aromatic nitrogens is 1. The molecule has 2 amide bonds. The van der Waals surface area contributed by atoms with E-state index in [9.17, 15) is 18.0 Å². The molecule has 0 unspecified atom stereocenters. The average Bonchev–Trinajstić information content (AvgIpc) is 2.79. The van der Waals surface area contributed by atoms with Crippen molar-refractivity contribution < 1.29 is 31.6 Å². The Morgan fingerprint density at radius 2 is 2.20 bits per heavy atom. The van der Waals surface area contributed by atoms with Gasteiger partial charge in [-0.25, -0.2) is 9.59 Å². The van der Waals surface area contributed by atoms with Crippen molar-refractivity contribution in [3.63, 3.8) is 0 Å². The molecule has 1 aromatic heterocycles. The van der Waals surface area contributed by atoms with E-state index in [0.717, 1.165) is 5.56 Å². The Balaban J connectivity index is 1.57. The van der Waals surface area contributed by atoms with E-state index in [1.54, 1.807) is 18.5 Å². The molecule has 2 bridgehead atoms. The highest BCUT2D eigenvalue weighted by Crippen LogP contribution is 2.31. The number of carbonyl (C=O) groups is 2. The number of amides is 2. The summed E-state index contributed by atoms with van der Waals surface area (Å²) in [7, 11) is -4.81. The number of hydroxylamine groups is 2. The van der Waals surface area contributed by atoms with E-state index in [1.165, 1.54) is 4.90 Å². The van der Waals surface area contributed by atoms with Gasteiger partial charge in [0, 0.05) is 25.4 Å². The van der Waals surface area contributed by atoms with Crippen LogP contribution < -0.4 is 0 Å². The van der Waals surface area contributed by atoms with Gasteiger partial charge in [-0.05, 0) is 24.5 Å². The highest BCUT2D eigenvalue weighted by atomic mass is 32.3. The largest absolute Gasteiger partial charge is 0.464 e. The van der Waals surface area contributed by atoms with Crippen LogP contribution in [-0.2, 0) is 30.6 Å². The SMILES string of the molecule is O=C(OCCc1cccnc1)[C@H]1CC[C@@H]2CN1C(=O)N2OS(=O)(=O)O. The van der Waals surface area contributed by atoms with E-state index in [1.807, 2.05) is 6.07 Å². The topological polar surface area (TPSA) is 126 Å². The quantitative estimate of drug-likeness (QED) is 0.554. The number of pyridine rings is 1.